The summed E-state index contributed by atoms with van der Waals surface area (Å²) in [4.78, 5) is 25.5. The minimum atomic E-state index is -2.54. The minimum absolute atomic E-state index is 0.101. The predicted molar refractivity (Wildman–Crippen MR) is 206 cm³/mol. The number of carbonyl (C=O) groups excluding carboxylic acids is 2. The SMILES string of the molecule is CCCCCCCCCCCCCCCCCC(=O)N[C@]1(O)[C@@H](OC(=O)CCCCCCCCCCCCCCCCC)O[C@H](CO)[C@@H](O)[C@@H]1O. The van der Waals surface area contributed by atoms with Gasteiger partial charge in [-0.2, -0.15) is 0 Å². The molecule has 0 aromatic heterocycles. The number of unbranched alkanes of at least 4 members (excludes halogenated alkanes) is 28. The highest BCUT2D eigenvalue weighted by Gasteiger charge is 2.57. The first-order valence-corrected chi connectivity index (χ1v) is 21.6. The number of carbonyl (C=O) groups is 2. The molecule has 0 aromatic carbocycles. The Morgan fingerprint density at radius 2 is 0.902 bits per heavy atom. The van der Waals surface area contributed by atoms with E-state index in [1.165, 1.54) is 141 Å². The number of aliphatic hydroxyl groups excluding tert-OH is 3. The number of ether oxygens (including phenoxy) is 2. The van der Waals surface area contributed by atoms with Crippen molar-refractivity contribution in [2.45, 2.75) is 250 Å². The molecule has 1 amide bonds. The van der Waals surface area contributed by atoms with Crippen LogP contribution in [-0.2, 0) is 19.1 Å². The molecule has 1 heterocycles. The molecule has 9 heteroatoms. The summed E-state index contributed by atoms with van der Waals surface area (Å²) in [6.45, 7) is 3.84. The molecule has 51 heavy (non-hydrogen) atoms. The molecule has 0 aliphatic carbocycles. The average Bonchev–Trinajstić information content (AvgIpc) is 3.12. The standard InChI is InChI=1S/C42H81NO8/c1-3-5-7-9-11-13-15-17-19-21-23-25-27-29-31-33-37(45)43-42(49)40(48)39(47)36(35-44)50-41(42)51-38(46)34-32-30-28-26-24-22-20-18-16-14-12-10-8-6-4-2/h36,39-41,44,47-49H,3-35H2,1-2H3,(H,43,45)/t36-,39-,40+,41-,42-/m1/s1. The van der Waals surface area contributed by atoms with Crippen molar-refractivity contribution in [1.29, 1.82) is 0 Å². The first kappa shape index (κ1) is 47.8. The Balaban J connectivity index is 2.26. The molecule has 5 atom stereocenters. The van der Waals surface area contributed by atoms with Gasteiger partial charge in [-0.3, -0.25) is 9.59 Å². The lowest BCUT2D eigenvalue weighted by molar-refractivity contribution is -0.338. The van der Waals surface area contributed by atoms with Crippen LogP contribution in [0, 0.1) is 0 Å². The average molecular weight is 728 g/mol. The summed E-state index contributed by atoms with van der Waals surface area (Å²) < 4.78 is 10.9. The van der Waals surface area contributed by atoms with Gasteiger partial charge in [0.1, 0.15) is 18.3 Å². The van der Waals surface area contributed by atoms with Crippen LogP contribution in [0.1, 0.15) is 219 Å². The van der Waals surface area contributed by atoms with E-state index in [1.807, 2.05) is 0 Å². The maximum absolute atomic E-state index is 12.8. The van der Waals surface area contributed by atoms with Gasteiger partial charge in [-0.05, 0) is 12.8 Å². The molecule has 1 fully saturated rings. The van der Waals surface area contributed by atoms with E-state index in [2.05, 4.69) is 19.2 Å². The van der Waals surface area contributed by atoms with Crippen LogP contribution >= 0.6 is 0 Å². The molecule has 0 bridgehead atoms. The molecule has 0 radical (unpaired) electrons. The number of aliphatic hydroxyl groups is 4. The van der Waals surface area contributed by atoms with E-state index in [-0.39, 0.29) is 12.8 Å². The highest BCUT2D eigenvalue weighted by Crippen LogP contribution is 2.30. The first-order valence-electron chi connectivity index (χ1n) is 21.6. The number of nitrogens with one attached hydrogen (secondary N) is 1. The van der Waals surface area contributed by atoms with Gasteiger partial charge in [-0.25, -0.2) is 0 Å². The summed E-state index contributed by atoms with van der Waals surface area (Å²) >= 11 is 0. The zero-order chi connectivity index (χ0) is 37.4. The second kappa shape index (κ2) is 32.2. The van der Waals surface area contributed by atoms with Crippen LogP contribution in [0.2, 0.25) is 0 Å². The van der Waals surface area contributed by atoms with Crippen molar-refractivity contribution in [2.75, 3.05) is 6.61 Å². The van der Waals surface area contributed by atoms with Crippen molar-refractivity contribution < 1.29 is 39.5 Å². The fourth-order valence-electron chi connectivity index (χ4n) is 7.11. The summed E-state index contributed by atoms with van der Waals surface area (Å²) in [6, 6.07) is 0. The summed E-state index contributed by atoms with van der Waals surface area (Å²) in [6.07, 6.45) is 29.9. The zero-order valence-electron chi connectivity index (χ0n) is 33.1. The fourth-order valence-corrected chi connectivity index (χ4v) is 7.11. The zero-order valence-corrected chi connectivity index (χ0v) is 33.1. The lowest BCUT2D eigenvalue weighted by Gasteiger charge is -2.47. The van der Waals surface area contributed by atoms with Gasteiger partial charge in [0.25, 0.3) is 6.29 Å². The smallest absolute Gasteiger partial charge is 0.308 e. The Morgan fingerprint density at radius 3 is 1.25 bits per heavy atom. The van der Waals surface area contributed by atoms with Crippen LogP contribution in [0.4, 0.5) is 0 Å². The first-order chi connectivity index (χ1) is 24.8. The minimum Gasteiger partial charge on any atom is -0.430 e. The second-order valence-corrected chi connectivity index (χ2v) is 15.4. The van der Waals surface area contributed by atoms with Gasteiger partial charge in [-0.15, -0.1) is 0 Å². The molecule has 1 aliphatic rings. The molecular weight excluding hydrogens is 646 g/mol. The van der Waals surface area contributed by atoms with Crippen molar-refractivity contribution in [3.8, 4) is 0 Å². The van der Waals surface area contributed by atoms with Crippen molar-refractivity contribution in [3.05, 3.63) is 0 Å². The third kappa shape index (κ3) is 23.2. The monoisotopic (exact) mass is 728 g/mol. The third-order valence-electron chi connectivity index (χ3n) is 10.6. The van der Waals surface area contributed by atoms with E-state index in [4.69, 9.17) is 9.47 Å². The van der Waals surface area contributed by atoms with Crippen LogP contribution in [0.3, 0.4) is 0 Å². The molecule has 5 N–H and O–H groups in total. The van der Waals surface area contributed by atoms with Crippen molar-refractivity contribution in [1.82, 2.24) is 5.32 Å². The van der Waals surface area contributed by atoms with Gasteiger partial charge in [0.15, 0.2) is 0 Å². The van der Waals surface area contributed by atoms with Gasteiger partial charge in [0, 0.05) is 12.8 Å². The molecule has 1 rings (SSSR count). The van der Waals surface area contributed by atoms with Gasteiger partial charge in [-0.1, -0.05) is 194 Å². The quantitative estimate of drug-likeness (QED) is 0.0247. The van der Waals surface area contributed by atoms with E-state index in [0.29, 0.717) is 12.8 Å². The van der Waals surface area contributed by atoms with Crippen molar-refractivity contribution in [2.24, 2.45) is 0 Å². The molecule has 0 unspecified atom stereocenters. The van der Waals surface area contributed by atoms with Gasteiger partial charge < -0.3 is 35.2 Å². The molecule has 9 nitrogen and oxygen atoms in total. The number of esters is 1. The Kier molecular flexibility index (Phi) is 30.1. The molecule has 0 aromatic rings. The van der Waals surface area contributed by atoms with Gasteiger partial charge in [0.05, 0.1) is 6.61 Å². The Bertz CT molecular complexity index is 829. The Morgan fingerprint density at radius 1 is 0.569 bits per heavy atom. The van der Waals surface area contributed by atoms with Crippen LogP contribution in [-0.4, -0.2) is 69.2 Å². The van der Waals surface area contributed by atoms with Gasteiger partial charge in [0.2, 0.25) is 11.6 Å². The molecule has 0 spiro atoms. The largest absolute Gasteiger partial charge is 0.430 e. The Labute approximate surface area is 312 Å². The number of amides is 1. The molecule has 302 valence electrons. The van der Waals surface area contributed by atoms with Gasteiger partial charge >= 0.3 is 5.97 Å². The molecule has 0 saturated carbocycles. The summed E-state index contributed by atoms with van der Waals surface area (Å²) in [7, 11) is 0. The van der Waals surface area contributed by atoms with Crippen LogP contribution in [0.5, 0.6) is 0 Å². The number of rotatable bonds is 35. The number of hydrogen-bond donors (Lipinski definition) is 5. The molecular formula is C42H81NO8. The van der Waals surface area contributed by atoms with E-state index in [1.54, 1.807) is 0 Å². The lowest BCUT2D eigenvalue weighted by atomic mass is 9.93. The summed E-state index contributed by atoms with van der Waals surface area (Å²) in [5.74, 6) is -1.17. The molecule has 1 aliphatic heterocycles. The summed E-state index contributed by atoms with van der Waals surface area (Å²) in [5, 5.41) is 44.5. The third-order valence-corrected chi connectivity index (χ3v) is 10.6. The summed E-state index contributed by atoms with van der Waals surface area (Å²) in [5.41, 5.74) is -2.54. The highest BCUT2D eigenvalue weighted by molar-refractivity contribution is 5.77. The number of hydrogen-bond acceptors (Lipinski definition) is 8. The maximum Gasteiger partial charge on any atom is 0.308 e. The van der Waals surface area contributed by atoms with Crippen LogP contribution < -0.4 is 5.32 Å². The van der Waals surface area contributed by atoms with Crippen molar-refractivity contribution >= 4 is 11.9 Å². The predicted octanol–water partition coefficient (Wildman–Crippen LogP) is 9.30. The van der Waals surface area contributed by atoms with E-state index in [9.17, 15) is 30.0 Å². The lowest BCUT2D eigenvalue weighted by Crippen LogP contribution is -2.74. The van der Waals surface area contributed by atoms with E-state index in [0.717, 1.165) is 38.5 Å². The Hall–Kier alpha value is -1.26. The second-order valence-electron chi connectivity index (χ2n) is 15.4. The van der Waals surface area contributed by atoms with Crippen LogP contribution in [0.15, 0.2) is 0 Å². The van der Waals surface area contributed by atoms with E-state index >= 15 is 0 Å². The highest BCUT2D eigenvalue weighted by atomic mass is 16.7. The molecule has 1 saturated heterocycles. The topological polar surface area (TPSA) is 146 Å². The fraction of sp³-hybridized carbons (Fsp3) is 0.952. The van der Waals surface area contributed by atoms with Crippen LogP contribution in [0.25, 0.3) is 0 Å². The van der Waals surface area contributed by atoms with E-state index < -0.39 is 48.8 Å². The maximum atomic E-state index is 12.8. The van der Waals surface area contributed by atoms with Crippen molar-refractivity contribution in [3.63, 3.8) is 0 Å². The normalized spacial score (nSPS) is 21.9.